The minimum absolute atomic E-state index is 0. The lowest BCUT2D eigenvalue weighted by Gasteiger charge is -2.17. The highest BCUT2D eigenvalue weighted by Crippen LogP contribution is 2.22. The molecular weight excluding hydrogens is 541 g/mol. The summed E-state index contributed by atoms with van der Waals surface area (Å²) in [5.74, 6) is 2.16. The first-order valence-corrected chi connectivity index (χ1v) is 11.5. The van der Waals surface area contributed by atoms with Gasteiger partial charge in [-0.15, -0.1) is 24.0 Å². The molecule has 0 spiro atoms. The van der Waals surface area contributed by atoms with Crippen LogP contribution in [-0.2, 0) is 24.4 Å². The van der Waals surface area contributed by atoms with Crippen LogP contribution in [0.4, 0.5) is 0 Å². The van der Waals surface area contributed by atoms with Gasteiger partial charge in [-0.2, -0.15) is 0 Å². The standard InChI is InChI=1S/C26H33N5O2.HI/c1-20-6-7-24(25(12-20)33-18-23-8-11-32-17-23)15-30-26(27-2)29-14-21-4-3-5-22(13-21)16-31-10-9-28-19-31;/h3-7,9-10,12-13,19,23H,8,11,14-18H2,1-2H3,(H2,27,29,30);1H. The number of hydrogen-bond donors (Lipinski definition) is 2. The van der Waals surface area contributed by atoms with Crippen LogP contribution in [0.3, 0.4) is 0 Å². The molecule has 182 valence electrons. The summed E-state index contributed by atoms with van der Waals surface area (Å²) >= 11 is 0. The smallest absolute Gasteiger partial charge is 0.191 e. The van der Waals surface area contributed by atoms with E-state index in [0.29, 0.717) is 25.6 Å². The van der Waals surface area contributed by atoms with Gasteiger partial charge in [-0.1, -0.05) is 36.4 Å². The van der Waals surface area contributed by atoms with Gasteiger partial charge in [-0.25, -0.2) is 4.98 Å². The van der Waals surface area contributed by atoms with Gasteiger partial charge in [-0.3, -0.25) is 4.99 Å². The molecule has 1 aliphatic heterocycles. The Balaban J connectivity index is 0.00000324. The highest BCUT2D eigenvalue weighted by molar-refractivity contribution is 14.0. The topological polar surface area (TPSA) is 72.7 Å². The molecule has 0 saturated carbocycles. The number of halogens is 1. The zero-order valence-corrected chi connectivity index (χ0v) is 22.2. The predicted octanol–water partition coefficient (Wildman–Crippen LogP) is 4.14. The van der Waals surface area contributed by atoms with Crippen LogP contribution in [0.2, 0.25) is 0 Å². The molecule has 1 aliphatic rings. The summed E-state index contributed by atoms with van der Waals surface area (Å²) in [5, 5.41) is 6.83. The molecular formula is C26H34IN5O2. The molecule has 3 aromatic rings. The first kappa shape index (κ1) is 26.0. The molecule has 0 amide bonds. The molecule has 1 atom stereocenters. The van der Waals surface area contributed by atoms with Crippen LogP contribution < -0.4 is 15.4 Å². The van der Waals surface area contributed by atoms with Crippen molar-refractivity contribution in [1.82, 2.24) is 20.2 Å². The van der Waals surface area contributed by atoms with E-state index < -0.39 is 0 Å². The van der Waals surface area contributed by atoms with Crippen molar-refractivity contribution >= 4 is 29.9 Å². The summed E-state index contributed by atoms with van der Waals surface area (Å²) in [6.07, 6.45) is 6.68. The van der Waals surface area contributed by atoms with Gasteiger partial charge in [0, 0.05) is 57.2 Å². The number of aliphatic imine (C=N–C) groups is 1. The molecule has 2 aromatic carbocycles. The van der Waals surface area contributed by atoms with Crippen molar-refractivity contribution in [2.45, 2.75) is 33.0 Å². The van der Waals surface area contributed by atoms with E-state index in [-0.39, 0.29) is 24.0 Å². The van der Waals surface area contributed by atoms with Crippen molar-refractivity contribution in [3.8, 4) is 5.75 Å². The second kappa shape index (κ2) is 13.3. The van der Waals surface area contributed by atoms with Gasteiger partial charge in [0.25, 0.3) is 0 Å². The molecule has 0 aliphatic carbocycles. The third-order valence-electron chi connectivity index (χ3n) is 5.77. The molecule has 1 saturated heterocycles. The average Bonchev–Trinajstić information content (AvgIpc) is 3.53. The summed E-state index contributed by atoms with van der Waals surface area (Å²) in [7, 11) is 1.79. The zero-order chi connectivity index (χ0) is 22.9. The van der Waals surface area contributed by atoms with E-state index in [4.69, 9.17) is 9.47 Å². The fourth-order valence-corrected chi connectivity index (χ4v) is 3.88. The zero-order valence-electron chi connectivity index (χ0n) is 19.9. The number of ether oxygens (including phenoxy) is 2. The highest BCUT2D eigenvalue weighted by atomic mass is 127. The van der Waals surface area contributed by atoms with Gasteiger partial charge in [0.2, 0.25) is 0 Å². The first-order chi connectivity index (χ1) is 16.2. The molecule has 0 radical (unpaired) electrons. The van der Waals surface area contributed by atoms with Crippen molar-refractivity contribution in [2.24, 2.45) is 10.9 Å². The second-order valence-corrected chi connectivity index (χ2v) is 8.49. The Morgan fingerprint density at radius 1 is 1.18 bits per heavy atom. The van der Waals surface area contributed by atoms with Crippen molar-refractivity contribution in [3.05, 3.63) is 83.4 Å². The van der Waals surface area contributed by atoms with E-state index in [0.717, 1.165) is 43.5 Å². The summed E-state index contributed by atoms with van der Waals surface area (Å²) in [6, 6.07) is 14.9. The fraction of sp³-hybridized carbons (Fsp3) is 0.385. The molecule has 1 fully saturated rings. The van der Waals surface area contributed by atoms with E-state index in [1.165, 1.54) is 16.7 Å². The van der Waals surface area contributed by atoms with E-state index in [9.17, 15) is 0 Å². The molecule has 0 bridgehead atoms. The lowest BCUT2D eigenvalue weighted by atomic mass is 10.1. The lowest BCUT2D eigenvalue weighted by Crippen LogP contribution is -2.36. The van der Waals surface area contributed by atoms with Crippen molar-refractivity contribution in [3.63, 3.8) is 0 Å². The quantitative estimate of drug-likeness (QED) is 0.228. The lowest BCUT2D eigenvalue weighted by molar-refractivity contribution is 0.166. The van der Waals surface area contributed by atoms with Gasteiger partial charge in [0.05, 0.1) is 19.5 Å². The number of rotatable bonds is 9. The Morgan fingerprint density at radius 3 is 2.79 bits per heavy atom. The predicted molar refractivity (Wildman–Crippen MR) is 146 cm³/mol. The van der Waals surface area contributed by atoms with E-state index in [1.807, 2.05) is 12.5 Å². The van der Waals surface area contributed by atoms with E-state index in [1.54, 1.807) is 13.2 Å². The van der Waals surface area contributed by atoms with Crippen molar-refractivity contribution in [2.75, 3.05) is 26.9 Å². The molecule has 4 rings (SSSR count). The van der Waals surface area contributed by atoms with Crippen molar-refractivity contribution < 1.29 is 9.47 Å². The van der Waals surface area contributed by atoms with E-state index in [2.05, 4.69) is 74.6 Å². The molecule has 34 heavy (non-hydrogen) atoms. The highest BCUT2D eigenvalue weighted by Gasteiger charge is 2.17. The van der Waals surface area contributed by atoms with Crippen LogP contribution >= 0.6 is 24.0 Å². The maximum atomic E-state index is 6.17. The minimum atomic E-state index is 0. The third-order valence-corrected chi connectivity index (χ3v) is 5.77. The maximum absolute atomic E-state index is 6.17. The fourth-order valence-electron chi connectivity index (χ4n) is 3.88. The van der Waals surface area contributed by atoms with Gasteiger partial charge in [0.15, 0.2) is 5.96 Å². The Kier molecular flexibility index (Phi) is 10.2. The molecule has 1 unspecified atom stereocenters. The summed E-state index contributed by atoms with van der Waals surface area (Å²) in [6.45, 7) is 6.55. The Labute approximate surface area is 219 Å². The number of aromatic nitrogens is 2. The summed E-state index contributed by atoms with van der Waals surface area (Å²) in [4.78, 5) is 8.49. The minimum Gasteiger partial charge on any atom is -0.493 e. The normalized spacial score (nSPS) is 15.6. The van der Waals surface area contributed by atoms with Crippen LogP contribution in [0.25, 0.3) is 0 Å². The monoisotopic (exact) mass is 575 g/mol. The van der Waals surface area contributed by atoms with E-state index >= 15 is 0 Å². The van der Waals surface area contributed by atoms with Gasteiger partial charge in [-0.05, 0) is 36.1 Å². The maximum Gasteiger partial charge on any atom is 0.191 e. The molecule has 1 aromatic heterocycles. The van der Waals surface area contributed by atoms with Crippen LogP contribution in [0.5, 0.6) is 5.75 Å². The van der Waals surface area contributed by atoms with Crippen LogP contribution in [0.1, 0.15) is 28.7 Å². The third kappa shape index (κ3) is 7.73. The molecule has 2 N–H and O–H groups in total. The van der Waals surface area contributed by atoms with Crippen LogP contribution in [-0.4, -0.2) is 42.4 Å². The van der Waals surface area contributed by atoms with Crippen LogP contribution in [0.15, 0.2) is 66.2 Å². The largest absolute Gasteiger partial charge is 0.493 e. The molecule has 8 heteroatoms. The summed E-state index contributed by atoms with van der Waals surface area (Å²) in [5.41, 5.74) is 4.75. The number of guanidine groups is 1. The van der Waals surface area contributed by atoms with Gasteiger partial charge >= 0.3 is 0 Å². The first-order valence-electron chi connectivity index (χ1n) is 11.5. The number of hydrogen-bond acceptors (Lipinski definition) is 4. The SMILES string of the molecule is CN=C(NCc1cccc(Cn2ccnc2)c1)NCc1ccc(C)cc1OCC1CCOC1.I. The second-order valence-electron chi connectivity index (χ2n) is 8.49. The van der Waals surface area contributed by atoms with Gasteiger partial charge in [0.1, 0.15) is 5.75 Å². The number of aryl methyl sites for hydroxylation is 1. The molecule has 7 nitrogen and oxygen atoms in total. The summed E-state index contributed by atoms with van der Waals surface area (Å²) < 4.78 is 13.7. The Morgan fingerprint density at radius 2 is 2.03 bits per heavy atom. The Hall–Kier alpha value is -2.59. The van der Waals surface area contributed by atoms with Crippen molar-refractivity contribution in [1.29, 1.82) is 0 Å². The number of nitrogens with one attached hydrogen (secondary N) is 2. The number of benzene rings is 2. The van der Waals surface area contributed by atoms with Crippen LogP contribution in [0, 0.1) is 12.8 Å². The number of nitrogens with zero attached hydrogens (tertiary/aromatic N) is 3. The van der Waals surface area contributed by atoms with Gasteiger partial charge < -0.3 is 24.7 Å². The average molecular weight is 575 g/mol. The Bertz CT molecular complexity index is 1050. The molecule has 2 heterocycles. The number of imidazole rings is 1.